The molecule has 0 spiro atoms. The van der Waals surface area contributed by atoms with E-state index in [4.69, 9.17) is 11.6 Å². The van der Waals surface area contributed by atoms with Gasteiger partial charge in [0.25, 0.3) is 0 Å². The first-order valence-corrected chi connectivity index (χ1v) is 7.44. The second-order valence-corrected chi connectivity index (χ2v) is 6.29. The van der Waals surface area contributed by atoms with Gasteiger partial charge in [0.1, 0.15) is 0 Å². The fourth-order valence-corrected chi connectivity index (χ4v) is 3.27. The van der Waals surface area contributed by atoms with Crippen LogP contribution in [0, 0.1) is 0 Å². The maximum absolute atomic E-state index is 10.4. The summed E-state index contributed by atoms with van der Waals surface area (Å²) in [5.41, 5.74) is 2.68. The van der Waals surface area contributed by atoms with Crippen molar-refractivity contribution >= 4 is 22.9 Å². The summed E-state index contributed by atoms with van der Waals surface area (Å²) >= 11 is 7.40. The number of rotatable bonds is 4. The number of halogens is 1. The van der Waals surface area contributed by atoms with Crippen LogP contribution in [0.2, 0.25) is 4.34 Å². The zero-order valence-electron chi connectivity index (χ0n) is 10.6. The predicted octanol–water partition coefficient (Wildman–Crippen LogP) is 4.07. The van der Waals surface area contributed by atoms with E-state index in [0.717, 1.165) is 26.0 Å². The van der Waals surface area contributed by atoms with Gasteiger partial charge in [0, 0.05) is 16.9 Å². The molecule has 0 aliphatic rings. The normalized spacial score (nSPS) is 12.5. The van der Waals surface area contributed by atoms with Crippen molar-refractivity contribution in [2.24, 2.45) is 0 Å². The Kier molecular flexibility index (Phi) is 3.87. The molecule has 0 saturated heterocycles. The van der Waals surface area contributed by atoms with Crippen LogP contribution in [0.4, 0.5) is 0 Å². The van der Waals surface area contributed by atoms with E-state index >= 15 is 0 Å². The number of aliphatic hydroxyl groups is 1. The van der Waals surface area contributed by atoms with Gasteiger partial charge in [0.2, 0.25) is 0 Å². The Labute approximate surface area is 125 Å². The molecule has 102 valence electrons. The molecule has 1 aromatic carbocycles. The average molecular weight is 305 g/mol. The van der Waals surface area contributed by atoms with Crippen LogP contribution >= 0.6 is 22.9 Å². The highest BCUT2D eigenvalue weighted by molar-refractivity contribution is 7.16. The Balaban J connectivity index is 1.86. The fraction of sp³-hybridized carbons (Fsp3) is 0.133. The Hall–Kier alpha value is -1.62. The number of H-pyrrole nitrogens is 1. The van der Waals surface area contributed by atoms with Crippen LogP contribution in [-0.2, 0) is 6.42 Å². The van der Waals surface area contributed by atoms with E-state index in [9.17, 15) is 5.11 Å². The Morgan fingerprint density at radius 2 is 2.00 bits per heavy atom. The summed E-state index contributed by atoms with van der Waals surface area (Å²) in [5.74, 6) is 0. The van der Waals surface area contributed by atoms with E-state index < -0.39 is 6.10 Å². The van der Waals surface area contributed by atoms with Crippen molar-refractivity contribution in [1.29, 1.82) is 0 Å². The van der Waals surface area contributed by atoms with Gasteiger partial charge in [-0.05, 0) is 17.7 Å². The number of nitrogens with one attached hydrogen (secondary N) is 1. The number of aliphatic hydroxyl groups excluding tert-OH is 1. The van der Waals surface area contributed by atoms with Gasteiger partial charge in [-0.25, -0.2) is 0 Å². The van der Waals surface area contributed by atoms with Crippen molar-refractivity contribution in [2.75, 3.05) is 0 Å². The second-order valence-electron chi connectivity index (χ2n) is 4.49. The lowest BCUT2D eigenvalue weighted by Crippen LogP contribution is -2.01. The largest absolute Gasteiger partial charge is 0.388 e. The lowest BCUT2D eigenvalue weighted by atomic mass is 10.0. The summed E-state index contributed by atoms with van der Waals surface area (Å²) in [5, 5.41) is 17.4. The number of thiophene rings is 1. The Morgan fingerprint density at radius 3 is 2.70 bits per heavy atom. The molecule has 1 unspecified atom stereocenters. The molecule has 0 amide bonds. The van der Waals surface area contributed by atoms with Gasteiger partial charge in [-0.1, -0.05) is 41.9 Å². The minimum Gasteiger partial charge on any atom is -0.388 e. The van der Waals surface area contributed by atoms with Crippen LogP contribution in [0.3, 0.4) is 0 Å². The van der Waals surface area contributed by atoms with E-state index in [1.54, 1.807) is 6.20 Å². The van der Waals surface area contributed by atoms with Crippen molar-refractivity contribution < 1.29 is 5.11 Å². The minimum atomic E-state index is -0.598. The first kappa shape index (κ1) is 13.4. The molecule has 0 fully saturated rings. The smallest absolute Gasteiger partial charge is 0.0931 e. The van der Waals surface area contributed by atoms with Crippen LogP contribution in [0.1, 0.15) is 16.5 Å². The maximum atomic E-state index is 10.4. The van der Waals surface area contributed by atoms with Crippen LogP contribution in [0.15, 0.2) is 48.7 Å². The molecule has 1 atom stereocenters. The number of nitrogens with zero attached hydrogens (tertiary/aromatic N) is 1. The van der Waals surface area contributed by atoms with Crippen LogP contribution < -0.4 is 0 Å². The highest BCUT2D eigenvalue weighted by atomic mass is 35.5. The van der Waals surface area contributed by atoms with Gasteiger partial charge in [-0.15, -0.1) is 11.3 Å². The first-order chi connectivity index (χ1) is 9.74. The van der Waals surface area contributed by atoms with Gasteiger partial charge in [-0.3, -0.25) is 5.10 Å². The highest BCUT2D eigenvalue weighted by Crippen LogP contribution is 2.30. The van der Waals surface area contributed by atoms with Gasteiger partial charge in [-0.2, -0.15) is 5.10 Å². The summed E-state index contributed by atoms with van der Waals surface area (Å²) in [6.07, 6.45) is 1.62. The van der Waals surface area contributed by atoms with Gasteiger partial charge < -0.3 is 5.11 Å². The molecule has 5 heteroatoms. The molecule has 3 nitrogen and oxygen atoms in total. The number of benzene rings is 1. The van der Waals surface area contributed by atoms with Crippen LogP contribution in [0.25, 0.3) is 11.3 Å². The van der Waals surface area contributed by atoms with Crippen molar-refractivity contribution in [2.45, 2.75) is 12.5 Å². The SMILES string of the molecule is OC(Cc1ccc(Cl)s1)c1cn[nH]c1-c1ccccc1. The number of aromatic nitrogens is 2. The first-order valence-electron chi connectivity index (χ1n) is 6.25. The predicted molar refractivity (Wildman–Crippen MR) is 82.0 cm³/mol. The molecular weight excluding hydrogens is 292 g/mol. The Bertz CT molecular complexity index is 693. The average Bonchev–Trinajstić information content (AvgIpc) is 3.09. The third-order valence-corrected chi connectivity index (χ3v) is 4.37. The zero-order chi connectivity index (χ0) is 13.9. The summed E-state index contributed by atoms with van der Waals surface area (Å²) in [6, 6.07) is 13.7. The maximum Gasteiger partial charge on any atom is 0.0931 e. The summed E-state index contributed by atoms with van der Waals surface area (Å²) in [7, 11) is 0. The third-order valence-electron chi connectivity index (χ3n) is 3.11. The minimum absolute atomic E-state index is 0.538. The zero-order valence-corrected chi connectivity index (χ0v) is 12.2. The van der Waals surface area contributed by atoms with Crippen LogP contribution in [-0.4, -0.2) is 15.3 Å². The molecule has 3 aromatic rings. The van der Waals surface area contributed by atoms with Crippen LogP contribution in [0.5, 0.6) is 0 Å². The molecule has 2 heterocycles. The second kappa shape index (κ2) is 5.79. The Morgan fingerprint density at radius 1 is 1.20 bits per heavy atom. The molecule has 0 radical (unpaired) electrons. The van der Waals surface area contributed by atoms with E-state index in [2.05, 4.69) is 10.2 Å². The molecule has 0 aliphatic carbocycles. The van der Waals surface area contributed by atoms with Gasteiger partial charge in [0.15, 0.2) is 0 Å². The van der Waals surface area contributed by atoms with Crippen molar-refractivity contribution in [3.05, 3.63) is 63.4 Å². The molecular formula is C15H13ClN2OS. The molecule has 0 saturated carbocycles. The third kappa shape index (κ3) is 2.77. The molecule has 0 aliphatic heterocycles. The lowest BCUT2D eigenvalue weighted by Gasteiger charge is -2.10. The quantitative estimate of drug-likeness (QED) is 0.763. The fourth-order valence-electron chi connectivity index (χ4n) is 2.15. The standard InChI is InChI=1S/C15H13ClN2OS/c16-14-7-6-11(20-14)8-13(19)12-9-17-18-15(12)10-4-2-1-3-5-10/h1-7,9,13,19H,8H2,(H,17,18). The van der Waals surface area contributed by atoms with E-state index in [-0.39, 0.29) is 0 Å². The molecule has 2 N–H and O–H groups in total. The monoisotopic (exact) mass is 304 g/mol. The van der Waals surface area contributed by atoms with E-state index in [1.165, 1.54) is 11.3 Å². The molecule has 3 rings (SSSR count). The van der Waals surface area contributed by atoms with Crippen molar-refractivity contribution in [3.8, 4) is 11.3 Å². The van der Waals surface area contributed by atoms with E-state index in [0.29, 0.717) is 6.42 Å². The molecule has 0 bridgehead atoms. The lowest BCUT2D eigenvalue weighted by molar-refractivity contribution is 0.180. The summed E-state index contributed by atoms with van der Waals surface area (Å²) < 4.78 is 0.739. The molecule has 2 aromatic heterocycles. The number of hydrogen-bond acceptors (Lipinski definition) is 3. The summed E-state index contributed by atoms with van der Waals surface area (Å²) in [4.78, 5) is 1.06. The van der Waals surface area contributed by atoms with Gasteiger partial charge in [0.05, 0.1) is 22.3 Å². The van der Waals surface area contributed by atoms with Gasteiger partial charge >= 0.3 is 0 Å². The van der Waals surface area contributed by atoms with E-state index in [1.807, 2.05) is 42.5 Å². The summed E-state index contributed by atoms with van der Waals surface area (Å²) in [6.45, 7) is 0. The highest BCUT2D eigenvalue weighted by Gasteiger charge is 2.17. The topological polar surface area (TPSA) is 48.9 Å². The number of hydrogen-bond donors (Lipinski definition) is 2. The van der Waals surface area contributed by atoms with Crippen molar-refractivity contribution in [3.63, 3.8) is 0 Å². The number of aromatic amines is 1. The van der Waals surface area contributed by atoms with Crippen molar-refractivity contribution in [1.82, 2.24) is 10.2 Å². The molecule has 20 heavy (non-hydrogen) atoms.